The van der Waals surface area contributed by atoms with Gasteiger partial charge in [0.25, 0.3) is 0 Å². The van der Waals surface area contributed by atoms with E-state index >= 15 is 0 Å². The lowest BCUT2D eigenvalue weighted by atomic mass is 10.8. The Morgan fingerprint density at radius 2 is 1.11 bits per heavy atom. The van der Waals surface area contributed by atoms with Crippen LogP contribution in [0.3, 0.4) is 0 Å². The van der Waals surface area contributed by atoms with Crippen molar-refractivity contribution in [1.29, 1.82) is 0 Å². The van der Waals surface area contributed by atoms with Crippen LogP contribution in [-0.2, 0) is 0 Å². The zero-order valence-corrected chi connectivity index (χ0v) is 7.21. The zero-order valence-electron chi connectivity index (χ0n) is 7.21. The Kier molecular flexibility index (Phi) is 257. The lowest BCUT2D eigenvalue weighted by molar-refractivity contribution is 0.864. The number of nitrogens with one attached hydrogen (secondary N) is 1. The third-order valence-corrected chi connectivity index (χ3v) is 0.354. The highest BCUT2D eigenvalue weighted by molar-refractivity contribution is 4.15. The zero-order chi connectivity index (χ0) is 7.41. The van der Waals surface area contributed by atoms with E-state index in [0.29, 0.717) is 0 Å². The summed E-state index contributed by atoms with van der Waals surface area (Å²) in [6, 6.07) is 0. The molecular weight excluding hydrogens is 110 g/mol. The molecule has 62 valence electrons. The molecule has 0 bridgehead atoms. The molecule has 0 aliphatic carbocycles. The molecule has 1 heteroatoms. The second-order valence-electron chi connectivity index (χ2n) is 0.707. The average molecular weight is 135 g/mol. The maximum atomic E-state index is 2.93. The molecule has 0 atom stereocenters. The van der Waals surface area contributed by atoms with Crippen LogP contribution in [0.15, 0.2) is 0 Å². The first-order chi connectivity index (χ1) is 3.91. The van der Waals surface area contributed by atoms with Crippen molar-refractivity contribution in [3.8, 4) is 0 Å². The van der Waals surface area contributed by atoms with Crippen molar-refractivity contribution >= 4 is 0 Å². The minimum absolute atomic E-state index is 0. The molecule has 0 saturated carbocycles. The van der Waals surface area contributed by atoms with Crippen molar-refractivity contribution in [2.75, 3.05) is 13.6 Å². The molecule has 0 fully saturated rings. The van der Waals surface area contributed by atoms with Gasteiger partial charge < -0.3 is 5.32 Å². The summed E-state index contributed by atoms with van der Waals surface area (Å²) >= 11 is 0. The summed E-state index contributed by atoms with van der Waals surface area (Å²) in [5.74, 6) is 0. The summed E-state index contributed by atoms with van der Waals surface area (Å²) in [7, 11) is 1.93. The van der Waals surface area contributed by atoms with Gasteiger partial charge in [0.15, 0.2) is 0 Å². The molecule has 0 heterocycles. The first-order valence-electron chi connectivity index (χ1n) is 3.56. The highest BCUT2D eigenvalue weighted by Crippen LogP contribution is 1.34. The van der Waals surface area contributed by atoms with Crippen molar-refractivity contribution in [2.45, 2.75) is 42.0 Å². The monoisotopic (exact) mass is 135 g/mol. The summed E-state index contributed by atoms with van der Waals surface area (Å²) in [4.78, 5) is 0. The van der Waals surface area contributed by atoms with E-state index in [2.05, 4.69) is 12.2 Å². The van der Waals surface area contributed by atoms with E-state index < -0.39 is 0 Å². The van der Waals surface area contributed by atoms with Crippen molar-refractivity contribution in [1.82, 2.24) is 5.32 Å². The Morgan fingerprint density at radius 3 is 1.11 bits per heavy atom. The van der Waals surface area contributed by atoms with E-state index in [0.717, 1.165) is 6.54 Å². The molecule has 0 unspecified atom stereocenters. The predicted octanol–water partition coefficient (Wildman–Crippen LogP) is 2.91. The van der Waals surface area contributed by atoms with Gasteiger partial charge in [0, 0.05) is 0 Å². The van der Waals surface area contributed by atoms with Crippen molar-refractivity contribution in [2.24, 2.45) is 0 Å². The van der Waals surface area contributed by atoms with Crippen LogP contribution >= 0.6 is 0 Å². The highest BCUT2D eigenvalue weighted by Gasteiger charge is 1.50. The van der Waals surface area contributed by atoms with E-state index in [1.165, 1.54) is 0 Å². The van der Waals surface area contributed by atoms with E-state index in [1.54, 1.807) is 0 Å². The van der Waals surface area contributed by atoms with Gasteiger partial charge in [-0.3, -0.25) is 0 Å². The maximum absolute atomic E-state index is 2.93. The largest absolute Gasteiger partial charge is 0.320 e. The van der Waals surface area contributed by atoms with Gasteiger partial charge in [0.1, 0.15) is 0 Å². The second-order valence-corrected chi connectivity index (χ2v) is 0.707. The summed E-state index contributed by atoms with van der Waals surface area (Å²) in [5.41, 5.74) is 0. The molecule has 0 aliphatic heterocycles. The van der Waals surface area contributed by atoms with Crippen LogP contribution in [0.5, 0.6) is 0 Å². The Morgan fingerprint density at radius 1 is 1.00 bits per heavy atom. The molecule has 0 aromatic rings. The first-order valence-corrected chi connectivity index (χ1v) is 3.56. The van der Waals surface area contributed by atoms with Gasteiger partial charge in [-0.05, 0) is 13.6 Å². The summed E-state index contributed by atoms with van der Waals surface area (Å²) in [6.07, 6.45) is 0. The molecule has 0 radical (unpaired) electrons. The van der Waals surface area contributed by atoms with Crippen LogP contribution in [0.25, 0.3) is 0 Å². The molecule has 0 aromatic carbocycles. The molecule has 0 aromatic heterocycles. The molecule has 0 saturated heterocycles. The topological polar surface area (TPSA) is 12.0 Å². The van der Waals surface area contributed by atoms with E-state index in [1.807, 2.05) is 34.7 Å². The van der Waals surface area contributed by atoms with Crippen molar-refractivity contribution in [3.05, 3.63) is 0 Å². The van der Waals surface area contributed by atoms with Gasteiger partial charge in [-0.15, -0.1) is 0 Å². The lowest BCUT2D eigenvalue weighted by Crippen LogP contribution is -2.01. The quantitative estimate of drug-likeness (QED) is 0.583. The summed E-state index contributed by atoms with van der Waals surface area (Å²) in [6.45, 7) is 11.1. The third kappa shape index (κ3) is 307. The fourth-order valence-corrected chi connectivity index (χ4v) is 0. The minimum atomic E-state index is 0. The fourth-order valence-electron chi connectivity index (χ4n) is 0. The van der Waals surface area contributed by atoms with E-state index in [9.17, 15) is 0 Å². The molecule has 0 spiro atoms. The molecular formula is C8H25N. The van der Waals surface area contributed by atoms with E-state index in [4.69, 9.17) is 0 Å². The molecule has 0 aliphatic rings. The third-order valence-electron chi connectivity index (χ3n) is 0.354. The lowest BCUT2D eigenvalue weighted by Gasteiger charge is -1.76. The maximum Gasteiger partial charge on any atom is -0.00804 e. The SMILES string of the molecule is C.CC.CC.CCNC. The Bertz CT molecular complexity index is 6.53. The van der Waals surface area contributed by atoms with Crippen molar-refractivity contribution in [3.63, 3.8) is 0 Å². The highest BCUT2D eigenvalue weighted by atomic mass is 14.8. The number of rotatable bonds is 1. The average Bonchev–Trinajstić information content (AvgIpc) is 1.96. The smallest absolute Gasteiger partial charge is 0.00804 e. The second kappa shape index (κ2) is 100. The Balaban J connectivity index is -0.0000000221. The minimum Gasteiger partial charge on any atom is -0.320 e. The van der Waals surface area contributed by atoms with Crippen LogP contribution in [-0.4, -0.2) is 13.6 Å². The van der Waals surface area contributed by atoms with Gasteiger partial charge in [-0.2, -0.15) is 0 Å². The molecule has 0 amide bonds. The van der Waals surface area contributed by atoms with Crippen LogP contribution in [0.1, 0.15) is 42.0 Å². The Labute approximate surface area is 61.9 Å². The van der Waals surface area contributed by atoms with Gasteiger partial charge in [-0.25, -0.2) is 0 Å². The molecule has 0 rings (SSSR count). The van der Waals surface area contributed by atoms with Crippen LogP contribution in [0, 0.1) is 0 Å². The number of hydrogen-bond donors (Lipinski definition) is 1. The van der Waals surface area contributed by atoms with Crippen LogP contribution in [0.4, 0.5) is 0 Å². The van der Waals surface area contributed by atoms with Gasteiger partial charge in [-0.1, -0.05) is 42.0 Å². The number of hydrogen-bond acceptors (Lipinski definition) is 1. The molecule has 1 N–H and O–H groups in total. The standard InChI is InChI=1S/C3H9N.2C2H6.CH4/c1-3-4-2;2*1-2;/h4H,3H2,1-2H3;2*1-2H3;1H4. The predicted molar refractivity (Wildman–Crippen MR) is 49.0 cm³/mol. The molecule has 9 heavy (non-hydrogen) atoms. The van der Waals surface area contributed by atoms with Gasteiger partial charge in [0.05, 0.1) is 0 Å². The fraction of sp³-hybridized carbons (Fsp3) is 1.00. The molecule has 1 nitrogen and oxygen atoms in total. The normalized spacial score (nSPS) is 4.67. The Hall–Kier alpha value is -0.0400. The van der Waals surface area contributed by atoms with Gasteiger partial charge in [0.2, 0.25) is 0 Å². The van der Waals surface area contributed by atoms with Crippen molar-refractivity contribution < 1.29 is 0 Å². The van der Waals surface area contributed by atoms with Crippen LogP contribution < -0.4 is 5.32 Å². The van der Waals surface area contributed by atoms with Gasteiger partial charge >= 0.3 is 0 Å². The van der Waals surface area contributed by atoms with Crippen LogP contribution in [0.2, 0.25) is 0 Å². The summed E-state index contributed by atoms with van der Waals surface area (Å²) in [5, 5.41) is 2.93. The van der Waals surface area contributed by atoms with E-state index in [-0.39, 0.29) is 7.43 Å². The summed E-state index contributed by atoms with van der Waals surface area (Å²) < 4.78 is 0. The first kappa shape index (κ1) is 23.1.